The summed E-state index contributed by atoms with van der Waals surface area (Å²) in [4.78, 5) is 207. The first-order chi connectivity index (χ1) is 52.6. The molecule has 0 saturated carbocycles. The molecule has 34 heteroatoms. The molecular formula is C77H129N13O21. The van der Waals surface area contributed by atoms with Gasteiger partial charge in [-0.2, -0.15) is 0 Å². The molecule has 24 N–H and O–H groups in total. The minimum atomic E-state index is -1.80. The van der Waals surface area contributed by atoms with E-state index in [4.69, 9.17) is 39.5 Å². The Kier molecular flexibility index (Phi) is 51.8. The maximum absolute atomic E-state index is 14.8. The van der Waals surface area contributed by atoms with Crippen molar-refractivity contribution in [3.8, 4) is 5.75 Å². The summed E-state index contributed by atoms with van der Waals surface area (Å²) < 4.78 is 0. The lowest BCUT2D eigenvalue weighted by molar-refractivity contribution is -0.141. The number of carbonyl (C=O) groups excluding carboxylic acids is 14. The number of nitrogens with one attached hydrogen (secondary N) is 6. The molecule has 1 rings (SSSR count). The lowest BCUT2D eigenvalue weighted by Crippen LogP contribution is -2.52. The van der Waals surface area contributed by atoms with Crippen molar-refractivity contribution in [1.29, 1.82) is 0 Å². The third-order valence-corrected chi connectivity index (χ3v) is 19.2. The third-order valence-electron chi connectivity index (χ3n) is 19.2. The number of unbranched alkanes of at least 4 members (excludes halogenated alkanes) is 12. The Bertz CT molecular complexity index is 3130. The van der Waals surface area contributed by atoms with Crippen LogP contribution in [0, 0.1) is 41.4 Å². The predicted molar refractivity (Wildman–Crippen MR) is 412 cm³/mol. The molecule has 0 aliphatic carbocycles. The molecule has 0 aliphatic heterocycles. The molecule has 0 radical (unpaired) electrons. The van der Waals surface area contributed by atoms with Crippen LogP contribution in [0.3, 0.4) is 0 Å². The van der Waals surface area contributed by atoms with Gasteiger partial charge in [-0.05, 0) is 114 Å². The first kappa shape index (κ1) is 100. The average Bonchev–Trinajstić information content (AvgIpc) is 0.861. The Labute approximate surface area is 651 Å². The van der Waals surface area contributed by atoms with Crippen molar-refractivity contribution in [2.24, 2.45) is 80.8 Å². The number of aliphatic hydroxyl groups is 4. The number of phenols is 1. The number of carboxylic acids is 1. The van der Waals surface area contributed by atoms with Crippen molar-refractivity contribution in [1.82, 2.24) is 31.9 Å². The summed E-state index contributed by atoms with van der Waals surface area (Å²) >= 11 is 0. The SMILES string of the molecule is CCCCCCCCCCCCCC(=O)C[C@@H](CO)C(=O)NCC(=O)C[C@@H](Cc1ccc(O)cc1)C(=O)N[C@@H](CCC(N)=O)C(=O)C[C@@H](CCCCN)C(=O)N[C@@H](CCCCN)C(=O)C[C@@H](CC(C)C)C(=O)N[C@@H](CCCN=C(N)N)C(=O)C[C@@H](CO)C(=O)N[C@@H](CO)C(=O)C[C@H](C(=O)N[C@@H](CC(=O)O)C(N)=O)[C@@H](C)O. The molecule has 0 aromatic heterocycles. The highest BCUT2D eigenvalue weighted by Gasteiger charge is 2.38. The topological polar surface area (TPSA) is 618 Å². The second-order valence-corrected chi connectivity index (χ2v) is 29.4. The maximum atomic E-state index is 14.8. The van der Waals surface area contributed by atoms with Crippen LogP contribution >= 0.6 is 0 Å². The Balaban J connectivity index is 3.56. The van der Waals surface area contributed by atoms with E-state index in [0.29, 0.717) is 37.7 Å². The number of aromatic hydroxyl groups is 1. The van der Waals surface area contributed by atoms with Crippen LogP contribution in [0.25, 0.3) is 0 Å². The Morgan fingerprint density at radius 3 is 1.39 bits per heavy atom. The van der Waals surface area contributed by atoms with E-state index >= 15 is 0 Å². The fraction of sp³-hybridized carbons (Fsp3) is 0.714. The van der Waals surface area contributed by atoms with Crippen LogP contribution in [0.2, 0.25) is 0 Å². The second kappa shape index (κ2) is 57.4. The van der Waals surface area contributed by atoms with Gasteiger partial charge in [-0.15, -0.1) is 0 Å². The molecule has 0 heterocycles. The van der Waals surface area contributed by atoms with E-state index in [2.05, 4.69) is 43.8 Å². The summed E-state index contributed by atoms with van der Waals surface area (Å²) in [6, 6.07) is -2.00. The number of hydrogen-bond acceptors (Lipinski definition) is 23. The van der Waals surface area contributed by atoms with E-state index < -0.39 is 225 Å². The minimum absolute atomic E-state index is 0.00622. The number of Topliss-reactive ketones (excluding diaryl/α,β-unsaturated/α-hetero) is 6. The van der Waals surface area contributed by atoms with Crippen LogP contribution in [-0.2, 0) is 78.3 Å². The number of carboxylic acid groups (broad SMARTS) is 1. The Morgan fingerprint density at radius 2 is 0.892 bits per heavy atom. The van der Waals surface area contributed by atoms with E-state index in [0.717, 1.165) is 32.6 Å². The zero-order chi connectivity index (χ0) is 83.5. The number of primary amides is 2. The van der Waals surface area contributed by atoms with Crippen LogP contribution in [0.15, 0.2) is 29.3 Å². The highest BCUT2D eigenvalue weighted by Crippen LogP contribution is 2.25. The molecule has 0 spiro atoms. The summed E-state index contributed by atoms with van der Waals surface area (Å²) in [5.74, 6) is -21.8. The number of hydrogen-bond donors (Lipinski definition) is 18. The highest BCUT2D eigenvalue weighted by atomic mass is 16.4. The van der Waals surface area contributed by atoms with Crippen LogP contribution in [0.1, 0.15) is 226 Å². The van der Waals surface area contributed by atoms with Gasteiger partial charge >= 0.3 is 5.97 Å². The fourth-order valence-electron chi connectivity index (χ4n) is 12.7. The molecule has 34 nitrogen and oxygen atoms in total. The van der Waals surface area contributed by atoms with Gasteiger partial charge in [0.05, 0.1) is 74.8 Å². The summed E-state index contributed by atoms with van der Waals surface area (Å²) in [7, 11) is 0. The van der Waals surface area contributed by atoms with Gasteiger partial charge in [0.1, 0.15) is 23.6 Å². The van der Waals surface area contributed by atoms with Crippen LogP contribution in [-0.4, -0.2) is 207 Å². The lowest BCUT2D eigenvalue weighted by atomic mass is 9.87. The van der Waals surface area contributed by atoms with Crippen molar-refractivity contribution in [2.45, 2.75) is 263 Å². The molecule has 1 aromatic rings. The molecule has 0 fully saturated rings. The van der Waals surface area contributed by atoms with E-state index in [-0.39, 0.29) is 101 Å². The number of aliphatic carboxylic acids is 1. The van der Waals surface area contributed by atoms with Crippen LogP contribution in [0.4, 0.5) is 0 Å². The van der Waals surface area contributed by atoms with Crippen molar-refractivity contribution < 1.29 is 103 Å². The normalized spacial score (nSPS) is 14.5. The quantitative estimate of drug-likeness (QED) is 0.0241. The predicted octanol–water partition coefficient (Wildman–Crippen LogP) is 0.569. The second-order valence-electron chi connectivity index (χ2n) is 29.4. The van der Waals surface area contributed by atoms with Gasteiger partial charge in [-0.25, -0.2) is 0 Å². The standard InChI is InChI=1S/C77H129N13O21/c1-5-6-7-8-9-10-11-12-13-14-15-22-56(96)37-53(44-91)71(106)85-43-57(97)36-52(35-49-25-27-55(95)28-26-49)74(109)88-61(29-30-68(80)102)64(98)38-50(21-16-18-31-78)72(107)86-59(23-17-19-32-79)65(99)39-51(34-47(2)3)73(108)87-60(24-20-33-84-77(82)83)66(100)40-54(45-92)75(110)90-63(46-93)67(101)41-58(48(4)94)76(111)89-62(70(81)105)42-69(103)104/h25-28,47-48,50-54,58-63,91-95H,5-24,29-46,78-79H2,1-4H3,(H2,80,102)(H2,81,105)(H,85,106)(H,86,107)(H,87,108)(H,88,109)(H,89,111)(H,90,110)(H,103,104)(H4,82,83,84)/t48-,50-,51-,52-,53+,54+,58+,59+,60+,61+,62+,63+/m1/s1. The van der Waals surface area contributed by atoms with E-state index in [1.54, 1.807) is 13.8 Å². The fourth-order valence-corrected chi connectivity index (χ4v) is 12.7. The number of phenolic OH excluding ortho intramolecular Hbond substituents is 1. The van der Waals surface area contributed by atoms with E-state index in [1.807, 2.05) is 0 Å². The van der Waals surface area contributed by atoms with Crippen molar-refractivity contribution >= 4 is 93.9 Å². The smallest absolute Gasteiger partial charge is 0.305 e. The summed E-state index contributed by atoms with van der Waals surface area (Å²) in [5, 5.41) is 75.4. The lowest BCUT2D eigenvalue weighted by Gasteiger charge is -2.27. The molecule has 8 amide bonds. The molecule has 12 atom stereocenters. The number of rotatable bonds is 67. The number of amides is 8. The van der Waals surface area contributed by atoms with Gasteiger partial charge < -0.3 is 96.9 Å². The largest absolute Gasteiger partial charge is 0.508 e. The highest BCUT2D eigenvalue weighted by molar-refractivity contribution is 5.99. The monoisotopic (exact) mass is 1570 g/mol. The van der Waals surface area contributed by atoms with Crippen molar-refractivity contribution in [3.05, 3.63) is 29.8 Å². The van der Waals surface area contributed by atoms with Crippen LogP contribution in [0.5, 0.6) is 5.75 Å². The summed E-state index contributed by atoms with van der Waals surface area (Å²) in [6.45, 7) is 3.79. The van der Waals surface area contributed by atoms with Gasteiger partial charge in [0.2, 0.25) is 47.3 Å². The van der Waals surface area contributed by atoms with Gasteiger partial charge in [0.25, 0.3) is 0 Å². The Hall–Kier alpha value is -8.70. The number of aliphatic imine (C=N–C) groups is 1. The number of guanidine groups is 1. The average molecular weight is 1570 g/mol. The van der Waals surface area contributed by atoms with Crippen molar-refractivity contribution in [2.75, 3.05) is 46.0 Å². The molecule has 0 saturated heterocycles. The molecule has 0 unspecified atom stereocenters. The van der Waals surface area contributed by atoms with Gasteiger partial charge in [-0.1, -0.05) is 104 Å². The zero-order valence-electron chi connectivity index (χ0n) is 65.4. The number of carbonyl (C=O) groups is 15. The molecule has 0 bridgehead atoms. The van der Waals surface area contributed by atoms with E-state index in [1.165, 1.54) is 62.8 Å². The number of aliphatic hydroxyl groups excluding tert-OH is 4. The van der Waals surface area contributed by atoms with Crippen molar-refractivity contribution in [3.63, 3.8) is 0 Å². The minimum Gasteiger partial charge on any atom is -0.508 e. The first-order valence-corrected chi connectivity index (χ1v) is 39.1. The number of nitrogens with two attached hydrogens (primary N) is 6. The third kappa shape index (κ3) is 43.6. The zero-order valence-corrected chi connectivity index (χ0v) is 65.4. The number of nitrogens with zero attached hydrogens (tertiary/aromatic N) is 1. The van der Waals surface area contributed by atoms with E-state index in [9.17, 15) is 97.5 Å². The summed E-state index contributed by atoms with van der Waals surface area (Å²) in [5.41, 5.74) is 34.1. The molecule has 0 aliphatic rings. The Morgan fingerprint density at radius 1 is 0.441 bits per heavy atom. The summed E-state index contributed by atoms with van der Waals surface area (Å²) in [6.07, 6.45) is 6.68. The van der Waals surface area contributed by atoms with Gasteiger partial charge in [0, 0.05) is 75.7 Å². The van der Waals surface area contributed by atoms with Gasteiger partial charge in [-0.3, -0.25) is 76.9 Å². The van der Waals surface area contributed by atoms with Gasteiger partial charge in [0.15, 0.2) is 34.9 Å². The molecular weight excluding hydrogens is 1440 g/mol. The molecule has 111 heavy (non-hydrogen) atoms. The number of ketones is 6. The molecule has 628 valence electrons. The first-order valence-electron chi connectivity index (χ1n) is 39.1. The molecule has 1 aromatic carbocycles. The number of benzene rings is 1. The van der Waals surface area contributed by atoms with Crippen LogP contribution < -0.4 is 66.3 Å². The maximum Gasteiger partial charge on any atom is 0.305 e.